The lowest BCUT2D eigenvalue weighted by molar-refractivity contribution is -0.131. The Morgan fingerprint density at radius 2 is 2.05 bits per heavy atom. The Kier molecular flexibility index (Phi) is 4.47. The third-order valence-electron chi connectivity index (χ3n) is 2.42. The SMILES string of the molecule is Cc1ccc(Br)cc1Oc1ncc(/C=C/C(=O)O)cn1. The number of halogens is 1. The fraction of sp³-hybridized carbons (Fsp3) is 0.0714. The lowest BCUT2D eigenvalue weighted by Crippen LogP contribution is -1.94. The summed E-state index contributed by atoms with van der Waals surface area (Å²) in [6, 6.07) is 5.88. The second-order valence-electron chi connectivity index (χ2n) is 3.98. The summed E-state index contributed by atoms with van der Waals surface area (Å²) < 4.78 is 6.48. The number of nitrogens with zero attached hydrogens (tertiary/aromatic N) is 2. The van der Waals surface area contributed by atoms with Crippen LogP contribution in [0.5, 0.6) is 11.8 Å². The molecule has 2 rings (SSSR count). The molecule has 0 atom stereocenters. The van der Waals surface area contributed by atoms with Gasteiger partial charge in [0, 0.05) is 28.5 Å². The molecule has 0 saturated carbocycles. The third kappa shape index (κ3) is 3.89. The summed E-state index contributed by atoms with van der Waals surface area (Å²) in [7, 11) is 0. The van der Waals surface area contributed by atoms with Gasteiger partial charge in [-0.05, 0) is 30.7 Å². The minimum absolute atomic E-state index is 0.207. The van der Waals surface area contributed by atoms with Gasteiger partial charge in [0.2, 0.25) is 0 Å². The predicted molar refractivity (Wildman–Crippen MR) is 77.7 cm³/mol. The van der Waals surface area contributed by atoms with Crippen LogP contribution in [0.25, 0.3) is 6.08 Å². The first-order valence-corrected chi connectivity index (χ1v) is 6.51. The molecule has 0 unspecified atom stereocenters. The Hall–Kier alpha value is -2.21. The highest BCUT2D eigenvalue weighted by Gasteiger charge is 2.04. The monoisotopic (exact) mass is 334 g/mol. The second kappa shape index (κ2) is 6.29. The fourth-order valence-corrected chi connectivity index (χ4v) is 1.75. The topological polar surface area (TPSA) is 72.3 Å². The maximum Gasteiger partial charge on any atom is 0.328 e. The van der Waals surface area contributed by atoms with Gasteiger partial charge in [-0.25, -0.2) is 14.8 Å². The number of carbonyl (C=O) groups is 1. The van der Waals surface area contributed by atoms with Crippen molar-refractivity contribution in [3.8, 4) is 11.8 Å². The molecule has 1 aromatic carbocycles. The molecule has 0 aliphatic rings. The molecular weight excluding hydrogens is 324 g/mol. The summed E-state index contributed by atoms with van der Waals surface area (Å²) >= 11 is 3.37. The van der Waals surface area contributed by atoms with Gasteiger partial charge in [0.05, 0.1) is 0 Å². The quantitative estimate of drug-likeness (QED) is 0.867. The van der Waals surface area contributed by atoms with E-state index in [0.29, 0.717) is 11.3 Å². The highest BCUT2D eigenvalue weighted by Crippen LogP contribution is 2.26. The molecule has 1 aromatic heterocycles. The van der Waals surface area contributed by atoms with Crippen LogP contribution in [0, 0.1) is 6.92 Å². The van der Waals surface area contributed by atoms with E-state index >= 15 is 0 Å². The number of carboxylic acid groups (broad SMARTS) is 1. The van der Waals surface area contributed by atoms with Gasteiger partial charge < -0.3 is 9.84 Å². The minimum Gasteiger partial charge on any atom is -0.478 e. The summed E-state index contributed by atoms with van der Waals surface area (Å²) in [4.78, 5) is 18.5. The van der Waals surface area contributed by atoms with Crippen molar-refractivity contribution in [2.75, 3.05) is 0 Å². The first-order chi connectivity index (χ1) is 9.54. The summed E-state index contributed by atoms with van der Waals surface area (Å²) in [5.41, 5.74) is 1.55. The molecule has 5 nitrogen and oxygen atoms in total. The van der Waals surface area contributed by atoms with Gasteiger partial charge in [-0.2, -0.15) is 0 Å². The van der Waals surface area contributed by atoms with Crippen molar-refractivity contribution in [1.82, 2.24) is 9.97 Å². The summed E-state index contributed by atoms with van der Waals surface area (Å²) in [5, 5.41) is 8.52. The normalized spacial score (nSPS) is 10.7. The van der Waals surface area contributed by atoms with E-state index < -0.39 is 5.97 Å². The van der Waals surface area contributed by atoms with Crippen LogP contribution in [-0.2, 0) is 4.79 Å². The zero-order valence-corrected chi connectivity index (χ0v) is 12.2. The van der Waals surface area contributed by atoms with E-state index in [4.69, 9.17) is 9.84 Å². The molecular formula is C14H11BrN2O3. The highest BCUT2D eigenvalue weighted by atomic mass is 79.9. The number of carboxylic acids is 1. The maximum absolute atomic E-state index is 10.4. The maximum atomic E-state index is 10.4. The summed E-state index contributed by atoms with van der Waals surface area (Å²) in [5.74, 6) is -0.358. The molecule has 0 fully saturated rings. The first kappa shape index (κ1) is 14.2. The molecule has 1 N–H and O–H groups in total. The van der Waals surface area contributed by atoms with E-state index in [9.17, 15) is 4.79 Å². The zero-order chi connectivity index (χ0) is 14.5. The largest absolute Gasteiger partial charge is 0.478 e. The molecule has 102 valence electrons. The van der Waals surface area contributed by atoms with E-state index in [1.54, 1.807) is 0 Å². The van der Waals surface area contributed by atoms with E-state index in [1.807, 2.05) is 25.1 Å². The summed E-state index contributed by atoms with van der Waals surface area (Å²) in [6.45, 7) is 1.92. The Morgan fingerprint density at radius 1 is 1.35 bits per heavy atom. The average Bonchev–Trinajstić information content (AvgIpc) is 2.42. The number of aliphatic carboxylic acids is 1. The molecule has 0 saturated heterocycles. The van der Waals surface area contributed by atoms with E-state index in [2.05, 4.69) is 25.9 Å². The Labute approximate surface area is 124 Å². The van der Waals surface area contributed by atoms with Gasteiger partial charge in [-0.15, -0.1) is 0 Å². The van der Waals surface area contributed by atoms with Crippen LogP contribution in [0.3, 0.4) is 0 Å². The number of ether oxygens (including phenoxy) is 1. The van der Waals surface area contributed by atoms with Crippen LogP contribution in [0.4, 0.5) is 0 Å². The lowest BCUT2D eigenvalue weighted by Gasteiger charge is -2.07. The average molecular weight is 335 g/mol. The fourth-order valence-electron chi connectivity index (χ4n) is 1.41. The molecule has 0 amide bonds. The van der Waals surface area contributed by atoms with Crippen LogP contribution in [0.15, 0.2) is 41.1 Å². The van der Waals surface area contributed by atoms with Crippen LogP contribution in [0.1, 0.15) is 11.1 Å². The van der Waals surface area contributed by atoms with Crippen molar-refractivity contribution in [3.63, 3.8) is 0 Å². The molecule has 20 heavy (non-hydrogen) atoms. The zero-order valence-electron chi connectivity index (χ0n) is 10.6. The molecule has 0 bridgehead atoms. The molecule has 0 radical (unpaired) electrons. The Balaban J connectivity index is 2.14. The van der Waals surface area contributed by atoms with Gasteiger partial charge in [-0.3, -0.25) is 0 Å². The Bertz CT molecular complexity index is 654. The van der Waals surface area contributed by atoms with Crippen LogP contribution in [0.2, 0.25) is 0 Å². The predicted octanol–water partition coefficient (Wildman–Crippen LogP) is 3.44. The Morgan fingerprint density at radius 3 is 2.70 bits per heavy atom. The van der Waals surface area contributed by atoms with Crippen molar-refractivity contribution >= 4 is 28.0 Å². The lowest BCUT2D eigenvalue weighted by atomic mass is 10.2. The van der Waals surface area contributed by atoms with Crippen LogP contribution >= 0.6 is 15.9 Å². The van der Waals surface area contributed by atoms with Gasteiger partial charge in [0.15, 0.2) is 0 Å². The van der Waals surface area contributed by atoms with Crippen molar-refractivity contribution in [2.24, 2.45) is 0 Å². The molecule has 0 aliphatic heterocycles. The third-order valence-corrected chi connectivity index (χ3v) is 2.91. The minimum atomic E-state index is -1.02. The van der Waals surface area contributed by atoms with Gasteiger partial charge in [0.25, 0.3) is 0 Å². The number of aromatic nitrogens is 2. The molecule has 6 heteroatoms. The van der Waals surface area contributed by atoms with E-state index in [-0.39, 0.29) is 6.01 Å². The van der Waals surface area contributed by atoms with Crippen molar-refractivity contribution in [1.29, 1.82) is 0 Å². The number of rotatable bonds is 4. The van der Waals surface area contributed by atoms with Gasteiger partial charge in [0.1, 0.15) is 5.75 Å². The van der Waals surface area contributed by atoms with Crippen molar-refractivity contribution < 1.29 is 14.6 Å². The van der Waals surface area contributed by atoms with E-state index in [0.717, 1.165) is 16.1 Å². The van der Waals surface area contributed by atoms with Crippen LogP contribution in [-0.4, -0.2) is 21.0 Å². The van der Waals surface area contributed by atoms with Gasteiger partial charge >= 0.3 is 12.0 Å². The molecule has 1 heterocycles. The summed E-state index contributed by atoms with van der Waals surface area (Å²) in [6.07, 6.45) is 5.43. The second-order valence-corrected chi connectivity index (χ2v) is 4.90. The smallest absolute Gasteiger partial charge is 0.328 e. The number of hydrogen-bond donors (Lipinski definition) is 1. The van der Waals surface area contributed by atoms with Crippen molar-refractivity contribution in [3.05, 3.63) is 52.3 Å². The van der Waals surface area contributed by atoms with Crippen LogP contribution < -0.4 is 4.74 Å². The standard InChI is InChI=1S/C14H11BrN2O3/c1-9-2-4-11(15)6-12(9)20-14-16-7-10(8-17-14)3-5-13(18)19/h2-8H,1H3,(H,18,19)/b5-3+. The molecule has 0 aliphatic carbocycles. The van der Waals surface area contributed by atoms with E-state index in [1.165, 1.54) is 18.5 Å². The van der Waals surface area contributed by atoms with Crippen molar-refractivity contribution in [2.45, 2.75) is 6.92 Å². The number of hydrogen-bond acceptors (Lipinski definition) is 4. The number of aryl methyl sites for hydroxylation is 1. The molecule has 2 aromatic rings. The van der Waals surface area contributed by atoms with Gasteiger partial charge in [-0.1, -0.05) is 22.0 Å². The number of benzene rings is 1. The molecule has 0 spiro atoms. The highest BCUT2D eigenvalue weighted by molar-refractivity contribution is 9.10. The first-order valence-electron chi connectivity index (χ1n) is 5.71.